The molecule has 0 aliphatic carbocycles. The Hall–Kier alpha value is -8.79. The SMILES string of the molecule is C=CCN(C)Cc1cc(N)cc([N+](=O)[O-])c1.C=CCN(C)Cc1cc([N+](=O)[O-])cc([N+](=O)[O-])c1.C=CCNC.O=Cc1cc([N+](=O)[O-])cc([N+](=O)[O-])c1.O=[N+]([O-])c1cc(CO)cc([N+](=O)[O-])c1. The molecule has 4 aromatic carbocycles. The van der Waals surface area contributed by atoms with Crippen molar-refractivity contribution in [3.05, 3.63) is 204 Å². The van der Waals surface area contributed by atoms with Gasteiger partial charge in [-0.1, -0.05) is 18.2 Å². The first-order valence-electron chi connectivity index (χ1n) is 18.7. The summed E-state index contributed by atoms with van der Waals surface area (Å²) in [6.45, 7) is 13.4. The summed E-state index contributed by atoms with van der Waals surface area (Å²) >= 11 is 0. The van der Waals surface area contributed by atoms with Crippen molar-refractivity contribution in [2.24, 2.45) is 0 Å². The minimum absolute atomic E-state index is 0.0296. The van der Waals surface area contributed by atoms with E-state index in [0.717, 1.165) is 61.1 Å². The van der Waals surface area contributed by atoms with Crippen molar-refractivity contribution < 1.29 is 44.4 Å². The van der Waals surface area contributed by atoms with Crippen LogP contribution in [-0.2, 0) is 19.7 Å². The number of likely N-dealkylation sites (N-methyl/N-ethyl adjacent to an activating group) is 3. The number of nitro groups is 7. The average Bonchev–Trinajstić information content (AvgIpc) is 3.26. The summed E-state index contributed by atoms with van der Waals surface area (Å²) in [5, 5.41) is 84.9. The highest BCUT2D eigenvalue weighted by atomic mass is 16.7. The normalized spacial score (nSPS) is 9.82. The lowest BCUT2D eigenvalue weighted by Crippen LogP contribution is -2.17. The average molecular weight is 938 g/mol. The summed E-state index contributed by atoms with van der Waals surface area (Å²) in [4.78, 5) is 82.7. The first-order valence-corrected chi connectivity index (χ1v) is 18.7. The Balaban J connectivity index is 0.000000841. The molecule has 0 radical (unpaired) electrons. The fourth-order valence-corrected chi connectivity index (χ4v) is 5.05. The van der Waals surface area contributed by atoms with E-state index in [1.807, 2.05) is 30.0 Å². The molecule has 0 fully saturated rings. The molecule has 0 atom stereocenters. The number of aliphatic hydroxyl groups is 1. The third-order valence-electron chi connectivity index (χ3n) is 7.78. The van der Waals surface area contributed by atoms with Crippen LogP contribution >= 0.6 is 0 Å². The molecular formula is C40H47N11O16. The first kappa shape index (κ1) is 58.2. The highest BCUT2D eigenvalue weighted by Gasteiger charge is 2.18. The van der Waals surface area contributed by atoms with Crippen molar-refractivity contribution in [1.29, 1.82) is 0 Å². The fraction of sp³-hybridized carbons (Fsp3) is 0.225. The van der Waals surface area contributed by atoms with Gasteiger partial charge in [-0.15, -0.1) is 19.7 Å². The Morgan fingerprint density at radius 2 is 0.821 bits per heavy atom. The van der Waals surface area contributed by atoms with E-state index >= 15 is 0 Å². The number of nitrogen functional groups attached to an aromatic ring is 1. The van der Waals surface area contributed by atoms with Crippen LogP contribution in [0.2, 0.25) is 0 Å². The highest BCUT2D eigenvalue weighted by Crippen LogP contribution is 2.25. The number of aliphatic hydroxyl groups excluding tert-OH is 1. The molecule has 0 saturated heterocycles. The van der Waals surface area contributed by atoms with Crippen molar-refractivity contribution in [3.63, 3.8) is 0 Å². The van der Waals surface area contributed by atoms with Gasteiger partial charge in [0.25, 0.3) is 39.8 Å². The number of hydrogen-bond acceptors (Lipinski definition) is 20. The van der Waals surface area contributed by atoms with Crippen molar-refractivity contribution in [2.75, 3.05) is 46.5 Å². The second-order valence-electron chi connectivity index (χ2n) is 13.3. The fourth-order valence-electron chi connectivity index (χ4n) is 5.05. The number of carbonyl (C=O) groups is 1. The van der Waals surface area contributed by atoms with E-state index in [4.69, 9.17) is 10.8 Å². The highest BCUT2D eigenvalue weighted by molar-refractivity contribution is 5.77. The number of nitrogens with zero attached hydrogens (tertiary/aromatic N) is 9. The molecule has 4 rings (SSSR count). The van der Waals surface area contributed by atoms with Gasteiger partial charge in [0, 0.05) is 92.5 Å². The number of carbonyl (C=O) groups excluding carboxylic acids is 1. The van der Waals surface area contributed by atoms with Gasteiger partial charge in [0.05, 0.1) is 59.3 Å². The van der Waals surface area contributed by atoms with E-state index in [2.05, 4.69) is 25.1 Å². The van der Waals surface area contributed by atoms with E-state index in [-0.39, 0.29) is 28.2 Å². The van der Waals surface area contributed by atoms with E-state index in [9.17, 15) is 75.6 Å². The van der Waals surface area contributed by atoms with Gasteiger partial charge in [0.2, 0.25) is 0 Å². The van der Waals surface area contributed by atoms with E-state index in [1.165, 1.54) is 24.3 Å². The summed E-state index contributed by atoms with van der Waals surface area (Å²) in [5.74, 6) is 0. The van der Waals surface area contributed by atoms with Crippen LogP contribution in [0, 0.1) is 70.8 Å². The standard InChI is InChI=1S/C11H13N3O4.C11H15N3O2.C7H6N2O5.C7H4N2O5.C4H9N/c1-3-4-12(2)8-9-5-10(13(15)16)7-11(6-9)14(17)18;1-3-4-13(2)8-9-5-10(12)7-11(6-9)14(15)16;2*10-4-5-1-6(8(11)12)3-7(2-5)9(13)14;1-3-4-5-2/h3,5-7H,1,4,8H2,2H3;3,5-7H,1,4,8,12H2,2H3;1-3,10H,4H2;1-4H;3,5H,1,4H2,2H3. The molecule has 0 heterocycles. The number of nitro benzene ring substituents is 7. The lowest BCUT2D eigenvalue weighted by Gasteiger charge is -2.14. The zero-order chi connectivity index (χ0) is 51.4. The second kappa shape index (κ2) is 30.3. The van der Waals surface area contributed by atoms with Crippen LogP contribution in [0.1, 0.15) is 27.0 Å². The molecule has 27 nitrogen and oxygen atoms in total. The van der Waals surface area contributed by atoms with Crippen LogP contribution in [0.4, 0.5) is 45.5 Å². The molecule has 358 valence electrons. The molecule has 67 heavy (non-hydrogen) atoms. The summed E-state index contributed by atoms with van der Waals surface area (Å²) < 4.78 is 0. The Kier molecular flexibility index (Phi) is 26.3. The van der Waals surface area contributed by atoms with Crippen LogP contribution in [-0.4, -0.2) is 96.4 Å². The summed E-state index contributed by atoms with van der Waals surface area (Å²) in [6.07, 6.45) is 5.60. The largest absolute Gasteiger partial charge is 0.399 e. The van der Waals surface area contributed by atoms with Crippen LogP contribution in [0.5, 0.6) is 0 Å². The quantitative estimate of drug-likeness (QED) is 0.0292. The van der Waals surface area contributed by atoms with Crippen molar-refractivity contribution in [3.8, 4) is 0 Å². The molecule has 0 bridgehead atoms. The van der Waals surface area contributed by atoms with Gasteiger partial charge in [-0.3, -0.25) is 85.4 Å². The van der Waals surface area contributed by atoms with Gasteiger partial charge in [0.1, 0.15) is 0 Å². The third kappa shape index (κ3) is 22.9. The number of aldehydes is 1. The Bertz CT molecular complexity index is 2340. The van der Waals surface area contributed by atoms with Crippen molar-refractivity contribution >= 4 is 51.8 Å². The van der Waals surface area contributed by atoms with Crippen LogP contribution < -0.4 is 11.1 Å². The maximum Gasteiger partial charge on any atom is 0.277 e. The topological polar surface area (TPSA) is 384 Å². The van der Waals surface area contributed by atoms with E-state index < -0.39 is 63.8 Å². The van der Waals surface area contributed by atoms with Gasteiger partial charge >= 0.3 is 0 Å². The van der Waals surface area contributed by atoms with E-state index in [1.54, 1.807) is 25.3 Å². The predicted octanol–water partition coefficient (Wildman–Crippen LogP) is 6.62. The van der Waals surface area contributed by atoms with Crippen molar-refractivity contribution in [1.82, 2.24) is 15.1 Å². The third-order valence-corrected chi connectivity index (χ3v) is 7.78. The maximum atomic E-state index is 10.7. The maximum absolute atomic E-state index is 10.7. The molecule has 4 aromatic rings. The minimum Gasteiger partial charge on any atom is -0.399 e. The van der Waals surface area contributed by atoms with Crippen molar-refractivity contribution in [2.45, 2.75) is 19.7 Å². The van der Waals surface area contributed by atoms with E-state index in [0.29, 0.717) is 37.2 Å². The van der Waals surface area contributed by atoms with Crippen LogP contribution in [0.25, 0.3) is 0 Å². The Morgan fingerprint density at radius 3 is 1.07 bits per heavy atom. The lowest BCUT2D eigenvalue weighted by atomic mass is 10.1. The molecule has 0 aliphatic heterocycles. The Morgan fingerprint density at radius 1 is 0.522 bits per heavy atom. The first-order chi connectivity index (χ1) is 31.5. The summed E-state index contributed by atoms with van der Waals surface area (Å²) in [6, 6.07) is 14.0. The number of hydrogen-bond donors (Lipinski definition) is 3. The molecule has 0 unspecified atom stereocenters. The predicted molar refractivity (Wildman–Crippen MR) is 245 cm³/mol. The molecule has 0 aliphatic rings. The monoisotopic (exact) mass is 937 g/mol. The molecular weight excluding hydrogens is 891 g/mol. The van der Waals surface area contributed by atoms with Crippen LogP contribution in [0.15, 0.2) is 111 Å². The molecule has 0 spiro atoms. The molecule has 27 heteroatoms. The molecule has 0 aromatic heterocycles. The summed E-state index contributed by atoms with van der Waals surface area (Å²) in [5.41, 5.74) is 5.17. The minimum atomic E-state index is -0.792. The molecule has 4 N–H and O–H groups in total. The number of rotatable bonds is 19. The smallest absolute Gasteiger partial charge is 0.277 e. The van der Waals surface area contributed by atoms with Gasteiger partial charge < -0.3 is 16.2 Å². The zero-order valence-corrected chi connectivity index (χ0v) is 36.3. The van der Waals surface area contributed by atoms with Gasteiger partial charge in [0.15, 0.2) is 6.29 Å². The molecule has 0 amide bonds. The molecule has 0 saturated carbocycles. The van der Waals surface area contributed by atoms with Gasteiger partial charge in [-0.25, -0.2) is 0 Å². The zero-order valence-electron chi connectivity index (χ0n) is 36.3. The second-order valence-corrected chi connectivity index (χ2v) is 13.3. The lowest BCUT2D eigenvalue weighted by molar-refractivity contribution is -0.394. The number of non-ortho nitro benzene ring substituents is 7. The number of anilines is 1. The number of benzene rings is 4. The van der Waals surface area contributed by atoms with Crippen LogP contribution in [0.3, 0.4) is 0 Å². The van der Waals surface area contributed by atoms with Gasteiger partial charge in [-0.2, -0.15) is 0 Å². The van der Waals surface area contributed by atoms with Gasteiger partial charge in [-0.05, 0) is 43.9 Å². The Labute approximate surface area is 380 Å². The number of nitrogens with one attached hydrogen (secondary N) is 1. The number of nitrogens with two attached hydrogens (primary N) is 1. The summed E-state index contributed by atoms with van der Waals surface area (Å²) in [7, 11) is 5.60.